The summed E-state index contributed by atoms with van der Waals surface area (Å²) in [6, 6.07) is 0. The summed E-state index contributed by atoms with van der Waals surface area (Å²) >= 11 is 6.81. The van der Waals surface area contributed by atoms with Gasteiger partial charge < -0.3 is 0 Å². The predicted octanol–water partition coefficient (Wildman–Crippen LogP) is 4.37. The summed E-state index contributed by atoms with van der Waals surface area (Å²) < 4.78 is 0.949. The van der Waals surface area contributed by atoms with Crippen LogP contribution in [-0.2, 0) is 0 Å². The van der Waals surface area contributed by atoms with Crippen LogP contribution in [0.15, 0.2) is 15.2 Å². The Balaban J connectivity index is 1.84. The Bertz CT molecular complexity index is 342. The molecule has 82 valence electrons. The third-order valence-electron chi connectivity index (χ3n) is 2.67. The van der Waals surface area contributed by atoms with Crippen LogP contribution in [-0.4, -0.2) is 16.8 Å². The molecule has 1 aromatic rings. The summed E-state index contributed by atoms with van der Waals surface area (Å²) in [7, 11) is 0. The topological polar surface area (TPSA) is 17.1 Å². The Morgan fingerprint density at radius 3 is 2.80 bits per heavy atom. The molecule has 1 heterocycles. The van der Waals surface area contributed by atoms with Gasteiger partial charge in [-0.1, -0.05) is 12.8 Å². The average Bonchev–Trinajstić information content (AvgIpc) is 2.84. The number of carbonyl (C=O) groups excluding carboxylic acids is 1. The summed E-state index contributed by atoms with van der Waals surface area (Å²) in [4.78, 5) is 11.8. The lowest BCUT2D eigenvalue weighted by atomic mass is 10.2. The van der Waals surface area contributed by atoms with Gasteiger partial charge >= 0.3 is 0 Å². The highest BCUT2D eigenvalue weighted by molar-refractivity contribution is 9.10. The van der Waals surface area contributed by atoms with E-state index in [2.05, 4.69) is 15.9 Å². The van der Waals surface area contributed by atoms with E-state index in [0.29, 0.717) is 5.75 Å². The Kier molecular flexibility index (Phi) is 4.29. The van der Waals surface area contributed by atoms with E-state index in [1.165, 1.54) is 25.7 Å². The second-order valence-electron chi connectivity index (χ2n) is 3.77. The predicted molar refractivity (Wildman–Crippen MR) is 71.1 cm³/mol. The van der Waals surface area contributed by atoms with Gasteiger partial charge in [-0.3, -0.25) is 4.79 Å². The van der Waals surface area contributed by atoms with Gasteiger partial charge in [-0.2, -0.15) is 23.1 Å². The van der Waals surface area contributed by atoms with Gasteiger partial charge in [0.15, 0.2) is 5.78 Å². The van der Waals surface area contributed by atoms with E-state index in [1.807, 2.05) is 22.5 Å². The highest BCUT2D eigenvalue weighted by Gasteiger charge is 2.18. The van der Waals surface area contributed by atoms with E-state index in [9.17, 15) is 4.79 Å². The number of rotatable bonds is 4. The van der Waals surface area contributed by atoms with Crippen LogP contribution >= 0.6 is 39.0 Å². The highest BCUT2D eigenvalue weighted by Crippen LogP contribution is 2.30. The van der Waals surface area contributed by atoms with Gasteiger partial charge in [0, 0.05) is 26.0 Å². The molecule has 1 aliphatic carbocycles. The monoisotopic (exact) mass is 304 g/mol. The highest BCUT2D eigenvalue weighted by atomic mass is 79.9. The van der Waals surface area contributed by atoms with E-state index >= 15 is 0 Å². The molecule has 0 spiro atoms. The van der Waals surface area contributed by atoms with Crippen LogP contribution in [0.3, 0.4) is 0 Å². The van der Waals surface area contributed by atoms with Gasteiger partial charge in [-0.15, -0.1) is 0 Å². The molecule has 0 unspecified atom stereocenters. The van der Waals surface area contributed by atoms with Crippen molar-refractivity contribution >= 4 is 44.8 Å². The minimum atomic E-state index is 0.264. The molecule has 0 aliphatic heterocycles. The van der Waals surface area contributed by atoms with Crippen LogP contribution in [0.5, 0.6) is 0 Å². The van der Waals surface area contributed by atoms with Crippen LogP contribution in [0.1, 0.15) is 36.0 Å². The lowest BCUT2D eigenvalue weighted by Crippen LogP contribution is -2.05. The van der Waals surface area contributed by atoms with Crippen LogP contribution in [0.25, 0.3) is 0 Å². The van der Waals surface area contributed by atoms with Gasteiger partial charge in [-0.05, 0) is 28.8 Å². The molecular formula is C11H13BrOS2. The molecule has 0 bridgehead atoms. The van der Waals surface area contributed by atoms with E-state index < -0.39 is 0 Å². The van der Waals surface area contributed by atoms with Gasteiger partial charge in [0.05, 0.1) is 5.75 Å². The first kappa shape index (κ1) is 11.7. The molecule has 0 saturated heterocycles. The van der Waals surface area contributed by atoms with Gasteiger partial charge in [0.1, 0.15) is 0 Å². The van der Waals surface area contributed by atoms with E-state index in [1.54, 1.807) is 11.3 Å². The number of hydrogen-bond acceptors (Lipinski definition) is 3. The first-order valence-corrected chi connectivity index (χ1v) is 7.92. The number of thioether (sulfide) groups is 1. The second kappa shape index (κ2) is 5.51. The third kappa shape index (κ3) is 3.08. The molecule has 0 N–H and O–H groups in total. The fourth-order valence-corrected chi connectivity index (χ4v) is 4.54. The molecule has 15 heavy (non-hydrogen) atoms. The van der Waals surface area contributed by atoms with Gasteiger partial charge in [0.2, 0.25) is 0 Å². The van der Waals surface area contributed by atoms with E-state index in [-0.39, 0.29) is 5.78 Å². The standard InChI is InChI=1S/C11H13BrOS2/c12-10-6-14-5-9(10)11(13)7-15-8-3-1-2-4-8/h5-6,8H,1-4,7H2. The van der Waals surface area contributed by atoms with Crippen molar-refractivity contribution in [3.63, 3.8) is 0 Å². The summed E-state index contributed by atoms with van der Waals surface area (Å²) in [6.45, 7) is 0. The summed E-state index contributed by atoms with van der Waals surface area (Å²) in [6.07, 6.45) is 5.27. The quantitative estimate of drug-likeness (QED) is 0.768. The van der Waals surface area contributed by atoms with Crippen molar-refractivity contribution in [2.75, 3.05) is 5.75 Å². The maximum absolute atomic E-state index is 11.8. The van der Waals surface area contributed by atoms with Crippen LogP contribution in [0.2, 0.25) is 0 Å². The molecule has 2 rings (SSSR count). The lowest BCUT2D eigenvalue weighted by Gasteiger charge is -2.06. The maximum Gasteiger partial charge on any atom is 0.174 e. The molecular weight excluding hydrogens is 292 g/mol. The van der Waals surface area contributed by atoms with Crippen molar-refractivity contribution in [1.82, 2.24) is 0 Å². The van der Waals surface area contributed by atoms with Gasteiger partial charge in [-0.25, -0.2) is 0 Å². The minimum absolute atomic E-state index is 0.264. The van der Waals surface area contributed by atoms with Crippen molar-refractivity contribution in [3.05, 3.63) is 20.8 Å². The van der Waals surface area contributed by atoms with Crippen molar-refractivity contribution in [2.45, 2.75) is 30.9 Å². The molecule has 1 nitrogen and oxygen atoms in total. The molecule has 1 aromatic heterocycles. The van der Waals surface area contributed by atoms with Crippen molar-refractivity contribution in [1.29, 1.82) is 0 Å². The summed E-state index contributed by atoms with van der Waals surface area (Å²) in [5, 5.41) is 4.63. The number of carbonyl (C=O) groups is 1. The first-order valence-electron chi connectivity index (χ1n) is 5.14. The third-order valence-corrected chi connectivity index (χ3v) is 5.74. The number of halogens is 1. The fraction of sp³-hybridized carbons (Fsp3) is 0.545. The Hall–Kier alpha value is 0.200. The smallest absolute Gasteiger partial charge is 0.174 e. The van der Waals surface area contributed by atoms with Crippen molar-refractivity contribution < 1.29 is 4.79 Å². The van der Waals surface area contributed by atoms with E-state index in [4.69, 9.17) is 0 Å². The molecule has 1 aliphatic rings. The van der Waals surface area contributed by atoms with E-state index in [0.717, 1.165) is 15.3 Å². The zero-order valence-electron chi connectivity index (χ0n) is 8.37. The fourth-order valence-electron chi connectivity index (χ4n) is 1.81. The number of thiophene rings is 1. The van der Waals surface area contributed by atoms with Crippen LogP contribution in [0, 0.1) is 0 Å². The molecule has 1 fully saturated rings. The molecule has 0 amide bonds. The molecule has 0 radical (unpaired) electrons. The number of Topliss-reactive ketones (excluding diaryl/α,β-unsaturated/α-hetero) is 1. The summed E-state index contributed by atoms with van der Waals surface area (Å²) in [5.41, 5.74) is 0.852. The SMILES string of the molecule is O=C(CSC1CCCC1)c1cscc1Br. The van der Waals surface area contributed by atoms with Crippen LogP contribution in [0.4, 0.5) is 0 Å². The normalized spacial score (nSPS) is 17.1. The Morgan fingerprint density at radius 1 is 1.47 bits per heavy atom. The molecule has 0 atom stereocenters. The zero-order chi connectivity index (χ0) is 10.7. The first-order chi connectivity index (χ1) is 7.27. The number of ketones is 1. The maximum atomic E-state index is 11.8. The zero-order valence-corrected chi connectivity index (χ0v) is 11.6. The van der Waals surface area contributed by atoms with Crippen molar-refractivity contribution in [3.8, 4) is 0 Å². The summed E-state index contributed by atoms with van der Waals surface area (Å²) in [5.74, 6) is 0.903. The Morgan fingerprint density at radius 2 is 2.20 bits per heavy atom. The minimum Gasteiger partial charge on any atom is -0.293 e. The van der Waals surface area contributed by atoms with Crippen LogP contribution < -0.4 is 0 Å². The molecule has 0 aromatic carbocycles. The lowest BCUT2D eigenvalue weighted by molar-refractivity contribution is 0.102. The number of hydrogen-bond donors (Lipinski definition) is 0. The average molecular weight is 305 g/mol. The van der Waals surface area contributed by atoms with Crippen molar-refractivity contribution in [2.24, 2.45) is 0 Å². The second-order valence-corrected chi connectivity index (χ2v) is 6.66. The molecule has 4 heteroatoms. The van der Waals surface area contributed by atoms with Gasteiger partial charge in [0.25, 0.3) is 0 Å². The largest absolute Gasteiger partial charge is 0.293 e. The Labute approximate surface area is 107 Å². The molecule has 1 saturated carbocycles.